The van der Waals surface area contributed by atoms with Crippen molar-refractivity contribution in [2.45, 2.75) is 51.2 Å². The molecular weight excluding hydrogens is 186 g/mol. The van der Waals surface area contributed by atoms with Gasteiger partial charge in [0.25, 0.3) is 0 Å². The normalized spacial score (nSPS) is 35.4. The predicted molar refractivity (Wildman–Crippen MR) is 63.9 cm³/mol. The molecule has 2 fully saturated rings. The monoisotopic (exact) mass is 211 g/mol. The van der Waals surface area contributed by atoms with Gasteiger partial charge in [0, 0.05) is 31.2 Å². The molecular formula is C12H25N3. The van der Waals surface area contributed by atoms with Crippen molar-refractivity contribution in [3.63, 3.8) is 0 Å². The van der Waals surface area contributed by atoms with Gasteiger partial charge in [-0.2, -0.15) is 0 Å². The fraction of sp³-hybridized carbons (Fsp3) is 1.00. The van der Waals surface area contributed by atoms with Crippen LogP contribution in [-0.4, -0.2) is 54.1 Å². The van der Waals surface area contributed by atoms with Gasteiger partial charge in [0.15, 0.2) is 0 Å². The molecule has 3 nitrogen and oxygen atoms in total. The quantitative estimate of drug-likeness (QED) is 0.752. The summed E-state index contributed by atoms with van der Waals surface area (Å²) in [6.45, 7) is 9.37. The van der Waals surface area contributed by atoms with E-state index in [0.29, 0.717) is 12.1 Å². The molecule has 0 bridgehead atoms. The first kappa shape index (κ1) is 11.4. The minimum atomic E-state index is 0.660. The van der Waals surface area contributed by atoms with Crippen molar-refractivity contribution in [3.8, 4) is 0 Å². The second-order valence-electron chi connectivity index (χ2n) is 5.26. The summed E-state index contributed by atoms with van der Waals surface area (Å²) in [5.74, 6) is 0. The summed E-state index contributed by atoms with van der Waals surface area (Å²) in [5, 5.41) is 0. The van der Waals surface area contributed by atoms with Crippen LogP contribution in [0.15, 0.2) is 0 Å². The molecule has 0 aliphatic carbocycles. The lowest BCUT2D eigenvalue weighted by Crippen LogP contribution is -2.57. The number of nitrogens with two attached hydrogens (primary N) is 1. The Morgan fingerprint density at radius 3 is 2.93 bits per heavy atom. The first-order chi connectivity index (χ1) is 7.22. The van der Waals surface area contributed by atoms with E-state index in [1.54, 1.807) is 0 Å². The van der Waals surface area contributed by atoms with Gasteiger partial charge in [-0.05, 0) is 46.2 Å². The van der Waals surface area contributed by atoms with E-state index in [2.05, 4.69) is 23.6 Å². The molecule has 0 amide bonds. The van der Waals surface area contributed by atoms with Gasteiger partial charge in [-0.25, -0.2) is 0 Å². The Labute approximate surface area is 93.6 Å². The summed E-state index contributed by atoms with van der Waals surface area (Å²) < 4.78 is 0. The maximum absolute atomic E-state index is 5.65. The van der Waals surface area contributed by atoms with Gasteiger partial charge in [-0.1, -0.05) is 0 Å². The highest BCUT2D eigenvalue weighted by Gasteiger charge is 2.35. The summed E-state index contributed by atoms with van der Waals surface area (Å²) in [6.07, 6.45) is 3.94. The number of hydrogen-bond acceptors (Lipinski definition) is 3. The van der Waals surface area contributed by atoms with Gasteiger partial charge in [0.05, 0.1) is 0 Å². The van der Waals surface area contributed by atoms with E-state index in [9.17, 15) is 0 Å². The Morgan fingerprint density at radius 1 is 1.40 bits per heavy atom. The van der Waals surface area contributed by atoms with Crippen molar-refractivity contribution in [2.24, 2.45) is 5.73 Å². The van der Waals surface area contributed by atoms with Crippen LogP contribution in [0.4, 0.5) is 0 Å². The Morgan fingerprint density at radius 2 is 2.20 bits per heavy atom. The van der Waals surface area contributed by atoms with Gasteiger partial charge in [0.2, 0.25) is 0 Å². The van der Waals surface area contributed by atoms with Crippen LogP contribution in [0.5, 0.6) is 0 Å². The summed E-state index contributed by atoms with van der Waals surface area (Å²) in [4.78, 5) is 5.34. The fourth-order valence-corrected chi connectivity index (χ4v) is 3.23. The third-order valence-corrected chi connectivity index (χ3v) is 4.14. The molecule has 2 aliphatic rings. The molecule has 0 saturated carbocycles. The molecule has 0 aromatic heterocycles. The molecule has 2 N–H and O–H groups in total. The molecule has 0 aromatic rings. The minimum Gasteiger partial charge on any atom is -0.330 e. The van der Waals surface area contributed by atoms with Crippen molar-refractivity contribution in [1.82, 2.24) is 9.80 Å². The van der Waals surface area contributed by atoms with E-state index in [1.807, 2.05) is 0 Å². The smallest absolute Gasteiger partial charge is 0.0224 e. The molecule has 3 atom stereocenters. The highest BCUT2D eigenvalue weighted by molar-refractivity contribution is 4.92. The zero-order valence-corrected chi connectivity index (χ0v) is 10.2. The topological polar surface area (TPSA) is 32.5 Å². The Hall–Kier alpha value is -0.120. The zero-order valence-electron chi connectivity index (χ0n) is 10.2. The number of rotatable bonds is 3. The van der Waals surface area contributed by atoms with Crippen LogP contribution in [0.25, 0.3) is 0 Å². The van der Waals surface area contributed by atoms with Gasteiger partial charge in [0.1, 0.15) is 0 Å². The molecule has 3 heteroatoms. The summed E-state index contributed by atoms with van der Waals surface area (Å²) in [6, 6.07) is 2.20. The number of fused-ring (bicyclic) bond motifs is 1. The lowest BCUT2D eigenvalue weighted by molar-refractivity contribution is 0.0314. The third-order valence-electron chi connectivity index (χ3n) is 4.14. The molecule has 0 radical (unpaired) electrons. The highest BCUT2D eigenvalue weighted by atomic mass is 15.3. The molecule has 2 saturated heterocycles. The van der Waals surface area contributed by atoms with Crippen LogP contribution < -0.4 is 5.73 Å². The molecule has 2 aliphatic heterocycles. The van der Waals surface area contributed by atoms with E-state index >= 15 is 0 Å². The lowest BCUT2D eigenvalue weighted by atomic mass is 10.0. The number of piperazine rings is 1. The zero-order chi connectivity index (χ0) is 10.8. The maximum Gasteiger partial charge on any atom is 0.0224 e. The highest BCUT2D eigenvalue weighted by Crippen LogP contribution is 2.26. The second kappa shape index (κ2) is 4.81. The Kier molecular flexibility index (Phi) is 3.65. The second-order valence-corrected chi connectivity index (χ2v) is 5.26. The minimum absolute atomic E-state index is 0.660. The van der Waals surface area contributed by atoms with Crippen LogP contribution in [0.2, 0.25) is 0 Å². The van der Waals surface area contributed by atoms with Crippen LogP contribution in [0.3, 0.4) is 0 Å². The predicted octanol–water partition coefficient (Wildman–Crippen LogP) is 0.892. The average Bonchev–Trinajstić information content (AvgIpc) is 2.63. The van der Waals surface area contributed by atoms with Gasteiger partial charge < -0.3 is 5.73 Å². The molecule has 88 valence electrons. The molecule has 3 unspecified atom stereocenters. The first-order valence-electron chi connectivity index (χ1n) is 6.42. The van der Waals surface area contributed by atoms with Crippen molar-refractivity contribution in [1.29, 1.82) is 0 Å². The largest absolute Gasteiger partial charge is 0.330 e. The van der Waals surface area contributed by atoms with E-state index in [0.717, 1.165) is 19.0 Å². The van der Waals surface area contributed by atoms with Crippen molar-refractivity contribution in [3.05, 3.63) is 0 Å². The maximum atomic E-state index is 5.65. The third kappa shape index (κ3) is 2.35. The standard InChI is InChI=1S/C12H25N3/c1-10(5-6-13)15-9-12-4-3-7-14(12)8-11(15)2/h10-12H,3-9,13H2,1-2H3. The molecule has 0 spiro atoms. The van der Waals surface area contributed by atoms with Crippen molar-refractivity contribution in [2.75, 3.05) is 26.2 Å². The van der Waals surface area contributed by atoms with Crippen LogP contribution in [0.1, 0.15) is 33.1 Å². The van der Waals surface area contributed by atoms with Crippen molar-refractivity contribution < 1.29 is 0 Å². The van der Waals surface area contributed by atoms with E-state index in [4.69, 9.17) is 5.73 Å². The fourth-order valence-electron chi connectivity index (χ4n) is 3.23. The Balaban J connectivity index is 1.94. The SMILES string of the molecule is CC(CCN)N1CC2CCCN2CC1C. The van der Waals surface area contributed by atoms with Crippen LogP contribution in [0, 0.1) is 0 Å². The van der Waals surface area contributed by atoms with E-state index in [-0.39, 0.29) is 0 Å². The Bertz CT molecular complexity index is 207. The van der Waals surface area contributed by atoms with E-state index < -0.39 is 0 Å². The molecule has 2 heterocycles. The average molecular weight is 211 g/mol. The first-order valence-corrected chi connectivity index (χ1v) is 6.42. The number of nitrogens with zero attached hydrogens (tertiary/aromatic N) is 2. The van der Waals surface area contributed by atoms with E-state index in [1.165, 1.54) is 32.5 Å². The molecule has 15 heavy (non-hydrogen) atoms. The molecule has 2 rings (SSSR count). The summed E-state index contributed by atoms with van der Waals surface area (Å²) in [7, 11) is 0. The lowest BCUT2D eigenvalue weighted by Gasteiger charge is -2.45. The number of hydrogen-bond donors (Lipinski definition) is 1. The van der Waals surface area contributed by atoms with Gasteiger partial charge in [-0.15, -0.1) is 0 Å². The summed E-state index contributed by atoms with van der Waals surface area (Å²) >= 11 is 0. The van der Waals surface area contributed by atoms with Crippen LogP contribution >= 0.6 is 0 Å². The summed E-state index contributed by atoms with van der Waals surface area (Å²) in [5.41, 5.74) is 5.65. The molecule has 0 aromatic carbocycles. The van der Waals surface area contributed by atoms with Gasteiger partial charge >= 0.3 is 0 Å². The van der Waals surface area contributed by atoms with Crippen molar-refractivity contribution >= 4 is 0 Å². The van der Waals surface area contributed by atoms with Gasteiger partial charge in [-0.3, -0.25) is 9.80 Å². The van der Waals surface area contributed by atoms with Crippen LogP contribution in [-0.2, 0) is 0 Å².